The van der Waals surface area contributed by atoms with E-state index >= 15 is 0 Å². The molecule has 2 aromatic carbocycles. The number of fused-ring (bicyclic) bond motifs is 1. The van der Waals surface area contributed by atoms with Gasteiger partial charge >= 0.3 is 0 Å². The number of thiazole rings is 1. The molecule has 1 aromatic heterocycles. The van der Waals surface area contributed by atoms with E-state index in [9.17, 15) is 5.11 Å². The summed E-state index contributed by atoms with van der Waals surface area (Å²) in [6.07, 6.45) is 3.66. The maximum Gasteiger partial charge on any atom is 0.231 e. The van der Waals surface area contributed by atoms with E-state index in [0.29, 0.717) is 26.5 Å². The summed E-state index contributed by atoms with van der Waals surface area (Å²) in [7, 11) is 1.59. The lowest BCUT2D eigenvalue weighted by molar-refractivity contribution is 0.415. The number of aromatic hydroxyl groups is 1. The Morgan fingerprint density at radius 1 is 1.23 bits per heavy atom. The minimum absolute atomic E-state index is 0.0400. The Labute approximate surface area is 159 Å². The SMILES string of the molecule is COc1ccc(Cl)c(Nc2nc(O)c(/C=C3\C=Nc4ccccc43)s2)c1. The number of aromatic nitrogens is 1. The van der Waals surface area contributed by atoms with Crippen molar-refractivity contribution in [3.63, 3.8) is 0 Å². The van der Waals surface area contributed by atoms with Gasteiger partial charge in [-0.05, 0) is 24.3 Å². The van der Waals surface area contributed by atoms with Crippen molar-refractivity contribution >= 4 is 57.3 Å². The van der Waals surface area contributed by atoms with E-state index in [1.807, 2.05) is 30.3 Å². The second-order valence-corrected chi connectivity index (χ2v) is 6.99. The summed E-state index contributed by atoms with van der Waals surface area (Å²) < 4.78 is 5.21. The molecule has 4 rings (SSSR count). The second kappa shape index (κ2) is 6.82. The number of hydrogen-bond donors (Lipinski definition) is 2. The monoisotopic (exact) mass is 383 g/mol. The molecule has 0 saturated carbocycles. The van der Waals surface area contributed by atoms with Crippen molar-refractivity contribution in [2.45, 2.75) is 0 Å². The van der Waals surface area contributed by atoms with Crippen molar-refractivity contribution < 1.29 is 9.84 Å². The zero-order valence-electron chi connectivity index (χ0n) is 13.7. The largest absolute Gasteiger partial charge is 0.497 e. The van der Waals surface area contributed by atoms with Gasteiger partial charge in [0.25, 0.3) is 0 Å². The zero-order valence-corrected chi connectivity index (χ0v) is 15.3. The van der Waals surface area contributed by atoms with Crippen LogP contribution in [-0.2, 0) is 0 Å². The number of ether oxygens (including phenoxy) is 1. The van der Waals surface area contributed by atoms with Gasteiger partial charge in [-0.1, -0.05) is 41.1 Å². The van der Waals surface area contributed by atoms with Gasteiger partial charge < -0.3 is 15.2 Å². The average molecular weight is 384 g/mol. The predicted octanol–water partition coefficient (Wildman–Crippen LogP) is 5.51. The molecule has 26 heavy (non-hydrogen) atoms. The van der Waals surface area contributed by atoms with Gasteiger partial charge in [-0.25, -0.2) is 0 Å². The average Bonchev–Trinajstić information content (AvgIpc) is 3.21. The van der Waals surface area contributed by atoms with Crippen LogP contribution in [-0.4, -0.2) is 23.4 Å². The van der Waals surface area contributed by atoms with Crippen molar-refractivity contribution in [2.75, 3.05) is 12.4 Å². The lowest BCUT2D eigenvalue weighted by Crippen LogP contribution is -1.91. The van der Waals surface area contributed by atoms with Crippen LogP contribution in [0, 0.1) is 0 Å². The maximum atomic E-state index is 10.2. The molecule has 0 saturated heterocycles. The van der Waals surface area contributed by atoms with E-state index in [4.69, 9.17) is 16.3 Å². The van der Waals surface area contributed by atoms with Crippen molar-refractivity contribution in [1.82, 2.24) is 4.98 Å². The molecule has 0 aliphatic carbocycles. The molecule has 0 amide bonds. The number of benzene rings is 2. The molecule has 0 bridgehead atoms. The highest BCUT2D eigenvalue weighted by atomic mass is 35.5. The molecule has 1 aliphatic heterocycles. The van der Waals surface area contributed by atoms with Crippen LogP contribution in [0.25, 0.3) is 11.6 Å². The highest BCUT2D eigenvalue weighted by molar-refractivity contribution is 7.16. The Morgan fingerprint density at radius 2 is 2.08 bits per heavy atom. The molecule has 2 heterocycles. The maximum absolute atomic E-state index is 10.2. The number of allylic oxidation sites excluding steroid dienone is 1. The third-order valence-electron chi connectivity index (χ3n) is 3.89. The molecule has 0 radical (unpaired) electrons. The first-order valence-corrected chi connectivity index (χ1v) is 8.99. The van der Waals surface area contributed by atoms with Crippen LogP contribution < -0.4 is 10.1 Å². The van der Waals surface area contributed by atoms with Crippen LogP contribution in [0.15, 0.2) is 47.5 Å². The Hall–Kier alpha value is -2.83. The Balaban J connectivity index is 1.63. The van der Waals surface area contributed by atoms with Crippen LogP contribution in [0.4, 0.5) is 16.5 Å². The molecule has 3 aromatic rings. The molecule has 1 aliphatic rings. The Morgan fingerprint density at radius 3 is 2.92 bits per heavy atom. The van der Waals surface area contributed by atoms with E-state index in [1.54, 1.807) is 31.5 Å². The topological polar surface area (TPSA) is 66.7 Å². The number of para-hydroxylation sites is 1. The molecule has 0 spiro atoms. The summed E-state index contributed by atoms with van der Waals surface area (Å²) >= 11 is 7.54. The lowest BCUT2D eigenvalue weighted by atomic mass is 10.1. The standard InChI is InChI=1S/C19H14ClN3O2S/c1-25-12-6-7-14(20)16(9-12)22-19-23-18(24)17(26-19)8-11-10-21-15-5-3-2-4-13(11)15/h2-10,24H,1H3,(H,22,23)/b11-8+. The zero-order chi connectivity index (χ0) is 18.1. The number of nitrogens with one attached hydrogen (secondary N) is 1. The number of aliphatic imine (C=N–C) groups is 1. The van der Waals surface area contributed by atoms with Crippen molar-refractivity contribution in [3.8, 4) is 11.6 Å². The Bertz CT molecular complexity index is 1040. The van der Waals surface area contributed by atoms with Gasteiger partial charge in [-0.2, -0.15) is 4.98 Å². The number of methoxy groups -OCH3 is 1. The number of nitrogens with zero attached hydrogens (tertiary/aromatic N) is 2. The van der Waals surface area contributed by atoms with Gasteiger partial charge in [0.1, 0.15) is 5.75 Å². The molecular formula is C19H14ClN3O2S. The van der Waals surface area contributed by atoms with E-state index in [0.717, 1.165) is 16.8 Å². The van der Waals surface area contributed by atoms with Crippen LogP contribution in [0.5, 0.6) is 11.6 Å². The fourth-order valence-corrected chi connectivity index (χ4v) is 3.60. The van der Waals surface area contributed by atoms with Crippen LogP contribution in [0.1, 0.15) is 10.4 Å². The summed E-state index contributed by atoms with van der Waals surface area (Å²) in [6.45, 7) is 0. The van der Waals surface area contributed by atoms with Crippen LogP contribution in [0.3, 0.4) is 0 Å². The van der Waals surface area contributed by atoms with Gasteiger partial charge in [0.2, 0.25) is 5.88 Å². The van der Waals surface area contributed by atoms with Crippen molar-refractivity contribution in [3.05, 3.63) is 57.9 Å². The highest BCUT2D eigenvalue weighted by Crippen LogP contribution is 2.38. The van der Waals surface area contributed by atoms with Gasteiger partial charge in [-0.3, -0.25) is 4.99 Å². The van der Waals surface area contributed by atoms with E-state index in [1.165, 1.54) is 11.3 Å². The third kappa shape index (κ3) is 3.16. The van der Waals surface area contributed by atoms with Crippen LogP contribution >= 0.6 is 22.9 Å². The summed E-state index contributed by atoms with van der Waals surface area (Å²) in [4.78, 5) is 9.19. The van der Waals surface area contributed by atoms with Crippen molar-refractivity contribution in [1.29, 1.82) is 0 Å². The van der Waals surface area contributed by atoms with E-state index in [-0.39, 0.29) is 5.88 Å². The molecule has 0 fully saturated rings. The van der Waals surface area contributed by atoms with Gasteiger partial charge in [0, 0.05) is 23.4 Å². The molecular weight excluding hydrogens is 370 g/mol. The van der Waals surface area contributed by atoms with E-state index < -0.39 is 0 Å². The summed E-state index contributed by atoms with van der Waals surface area (Å²) in [6, 6.07) is 13.2. The smallest absolute Gasteiger partial charge is 0.231 e. The fraction of sp³-hybridized carbons (Fsp3) is 0.0526. The first-order chi connectivity index (χ1) is 12.6. The number of halogens is 1. The number of anilines is 2. The highest BCUT2D eigenvalue weighted by Gasteiger charge is 2.15. The Kier molecular flexibility index (Phi) is 4.36. The predicted molar refractivity (Wildman–Crippen MR) is 108 cm³/mol. The lowest BCUT2D eigenvalue weighted by Gasteiger charge is -2.07. The normalized spacial score (nSPS) is 13.8. The molecule has 130 valence electrons. The number of hydrogen-bond acceptors (Lipinski definition) is 6. The van der Waals surface area contributed by atoms with Gasteiger partial charge in [-0.15, -0.1) is 0 Å². The molecule has 0 unspecified atom stereocenters. The van der Waals surface area contributed by atoms with Crippen molar-refractivity contribution in [2.24, 2.45) is 4.99 Å². The molecule has 2 N–H and O–H groups in total. The minimum Gasteiger partial charge on any atom is -0.497 e. The molecule has 7 heteroatoms. The molecule has 5 nitrogen and oxygen atoms in total. The molecule has 0 atom stereocenters. The van der Waals surface area contributed by atoms with Gasteiger partial charge in [0.05, 0.1) is 28.4 Å². The summed E-state index contributed by atoms with van der Waals surface area (Å²) in [5.74, 6) is 0.639. The van der Waals surface area contributed by atoms with Gasteiger partial charge in [0.15, 0.2) is 5.13 Å². The first-order valence-electron chi connectivity index (χ1n) is 7.79. The number of rotatable bonds is 4. The fourth-order valence-electron chi connectivity index (χ4n) is 2.61. The first kappa shape index (κ1) is 16.6. The van der Waals surface area contributed by atoms with E-state index in [2.05, 4.69) is 15.3 Å². The summed E-state index contributed by atoms with van der Waals surface area (Å²) in [5, 5.41) is 14.4. The van der Waals surface area contributed by atoms with Crippen LogP contribution in [0.2, 0.25) is 5.02 Å². The minimum atomic E-state index is -0.0400. The second-order valence-electron chi connectivity index (χ2n) is 5.55. The quantitative estimate of drug-likeness (QED) is 0.623. The summed E-state index contributed by atoms with van der Waals surface area (Å²) in [5.41, 5.74) is 3.55. The third-order valence-corrected chi connectivity index (χ3v) is 5.13.